The first-order valence-corrected chi connectivity index (χ1v) is 14.0. The molecule has 202 valence electrons. The molecule has 2 heterocycles. The minimum absolute atomic E-state index is 0.0498. The second kappa shape index (κ2) is 11.2. The van der Waals surface area contributed by atoms with Gasteiger partial charge in [0.05, 0.1) is 35.9 Å². The molecule has 0 radical (unpaired) electrons. The fraction of sp³-hybridized carbons (Fsp3) is 0.222. The van der Waals surface area contributed by atoms with E-state index in [1.165, 1.54) is 28.6 Å². The topological polar surface area (TPSA) is 109 Å². The number of halogens is 1. The number of ether oxygens (including phenoxy) is 1. The van der Waals surface area contributed by atoms with E-state index in [2.05, 4.69) is 15.5 Å². The number of hydrogen-bond donors (Lipinski definition) is 2. The van der Waals surface area contributed by atoms with Crippen molar-refractivity contribution in [1.29, 1.82) is 0 Å². The molecule has 5 rings (SSSR count). The zero-order chi connectivity index (χ0) is 27.6. The third kappa shape index (κ3) is 5.69. The lowest BCUT2D eigenvalue weighted by atomic mass is 10.1. The van der Waals surface area contributed by atoms with Crippen LogP contribution in [0.15, 0.2) is 81.9 Å². The van der Waals surface area contributed by atoms with Crippen molar-refractivity contribution in [1.82, 2.24) is 8.87 Å². The summed E-state index contributed by atoms with van der Waals surface area (Å²) in [6.45, 7) is 3.44. The van der Waals surface area contributed by atoms with Gasteiger partial charge in [0.2, 0.25) is 21.0 Å². The molecule has 2 N–H and O–H groups in total. The van der Waals surface area contributed by atoms with Gasteiger partial charge in [-0.25, -0.2) is 12.8 Å². The molecule has 4 aromatic rings. The minimum atomic E-state index is -3.80. The molecule has 1 saturated heterocycles. The maximum atomic E-state index is 14.0. The second-order valence-corrected chi connectivity index (χ2v) is 11.4. The number of anilines is 1. The number of aromatic nitrogens is 1. The number of nitrogens with zero attached hydrogens (tertiary/aromatic N) is 4. The average Bonchev–Trinajstić information content (AvgIpc) is 3.20. The van der Waals surface area contributed by atoms with Crippen molar-refractivity contribution in [2.45, 2.75) is 18.4 Å². The van der Waals surface area contributed by atoms with Crippen LogP contribution < -0.4 is 5.32 Å². The van der Waals surface area contributed by atoms with Gasteiger partial charge in [0.1, 0.15) is 5.82 Å². The summed E-state index contributed by atoms with van der Waals surface area (Å²) >= 11 is 5.21. The highest BCUT2D eigenvalue weighted by atomic mass is 32.2. The van der Waals surface area contributed by atoms with Crippen LogP contribution in [-0.4, -0.2) is 53.8 Å². The van der Waals surface area contributed by atoms with E-state index in [1.807, 2.05) is 31.2 Å². The van der Waals surface area contributed by atoms with Crippen molar-refractivity contribution in [3.05, 3.63) is 83.7 Å². The molecule has 3 aromatic carbocycles. The van der Waals surface area contributed by atoms with Crippen molar-refractivity contribution in [2.24, 2.45) is 10.2 Å². The number of azo groups is 1. The average molecular weight is 568 g/mol. The summed E-state index contributed by atoms with van der Waals surface area (Å²) in [5.74, 6) is -0.713. The van der Waals surface area contributed by atoms with Gasteiger partial charge in [0.25, 0.3) is 0 Å². The van der Waals surface area contributed by atoms with Crippen molar-refractivity contribution >= 4 is 49.6 Å². The summed E-state index contributed by atoms with van der Waals surface area (Å²) in [6.07, 6.45) is 0. The summed E-state index contributed by atoms with van der Waals surface area (Å²) in [5.41, 5.74) is 2.78. The van der Waals surface area contributed by atoms with E-state index in [1.54, 1.807) is 22.8 Å². The molecule has 0 atom stereocenters. The largest absolute Gasteiger partial charge is 0.493 e. The zero-order valence-electron chi connectivity index (χ0n) is 21.0. The molecule has 0 saturated carbocycles. The van der Waals surface area contributed by atoms with Crippen molar-refractivity contribution in [3.63, 3.8) is 0 Å². The molecule has 39 heavy (non-hydrogen) atoms. The normalized spacial score (nSPS) is 14.7. The third-order valence-electron chi connectivity index (χ3n) is 6.41. The van der Waals surface area contributed by atoms with Gasteiger partial charge in [0, 0.05) is 18.5 Å². The molecular weight excluding hydrogens is 541 g/mol. The molecule has 1 aliphatic rings. The maximum absolute atomic E-state index is 14.0. The SMILES string of the molecule is Cc1ccc(Cn2c(O)c(N=NC(=S)Nc3ccccc3F)c3cc(S(=O)(=O)N4CCOCC4)ccc32)cc1. The lowest BCUT2D eigenvalue weighted by Gasteiger charge is -2.26. The first kappa shape index (κ1) is 26.9. The zero-order valence-corrected chi connectivity index (χ0v) is 22.7. The number of hydrogen-bond acceptors (Lipinski definition) is 6. The van der Waals surface area contributed by atoms with Crippen LogP contribution in [0.3, 0.4) is 0 Å². The molecule has 1 aliphatic heterocycles. The Morgan fingerprint density at radius 1 is 1.10 bits per heavy atom. The van der Waals surface area contributed by atoms with Gasteiger partial charge < -0.3 is 19.7 Å². The number of fused-ring (bicyclic) bond motifs is 1. The Bertz CT molecular complexity index is 1660. The fourth-order valence-corrected chi connectivity index (χ4v) is 5.92. The van der Waals surface area contributed by atoms with Crippen LogP contribution >= 0.6 is 12.2 Å². The van der Waals surface area contributed by atoms with Crippen molar-refractivity contribution in [2.75, 3.05) is 31.6 Å². The standard InChI is InChI=1S/C27H26FN5O4S2/c1-18-6-8-19(9-7-18)17-33-24-11-10-20(39(35,36)32-12-14-37-15-13-32)16-21(24)25(26(33)34)30-31-27(38)29-23-5-3-2-4-22(23)28/h2-11,16,34H,12-15,17H2,1H3,(H,29,38). The Balaban J connectivity index is 1.56. The maximum Gasteiger partial charge on any atom is 0.243 e. The molecular formula is C27H26FN5O4S2. The number of nitrogens with one attached hydrogen (secondary N) is 1. The van der Waals surface area contributed by atoms with Gasteiger partial charge in [-0.1, -0.05) is 42.0 Å². The first-order valence-electron chi connectivity index (χ1n) is 12.2. The number of sulfonamides is 1. The number of morpholine rings is 1. The van der Waals surface area contributed by atoms with E-state index in [4.69, 9.17) is 17.0 Å². The van der Waals surface area contributed by atoms with Crippen molar-refractivity contribution < 1.29 is 22.7 Å². The Kier molecular flexibility index (Phi) is 7.71. The van der Waals surface area contributed by atoms with Crippen LogP contribution in [0.25, 0.3) is 10.9 Å². The molecule has 0 amide bonds. The molecule has 0 bridgehead atoms. The van der Waals surface area contributed by atoms with Crippen LogP contribution in [0.4, 0.5) is 15.8 Å². The summed E-state index contributed by atoms with van der Waals surface area (Å²) in [5, 5.41) is 22.3. The highest BCUT2D eigenvalue weighted by Gasteiger charge is 2.28. The van der Waals surface area contributed by atoms with Crippen LogP contribution in [0.5, 0.6) is 5.88 Å². The molecule has 1 fully saturated rings. The Hall–Kier alpha value is -3.71. The van der Waals surface area contributed by atoms with E-state index >= 15 is 0 Å². The minimum Gasteiger partial charge on any atom is -0.493 e. The highest BCUT2D eigenvalue weighted by Crippen LogP contribution is 2.41. The summed E-state index contributed by atoms with van der Waals surface area (Å²) < 4.78 is 49.0. The molecule has 0 unspecified atom stereocenters. The summed E-state index contributed by atoms with van der Waals surface area (Å²) in [6, 6.07) is 18.5. The molecule has 12 heteroatoms. The van der Waals surface area contributed by atoms with E-state index in [9.17, 15) is 17.9 Å². The van der Waals surface area contributed by atoms with E-state index in [-0.39, 0.29) is 40.4 Å². The fourth-order valence-electron chi connectivity index (χ4n) is 4.33. The lowest BCUT2D eigenvalue weighted by molar-refractivity contribution is 0.0730. The van der Waals surface area contributed by atoms with Crippen LogP contribution in [-0.2, 0) is 21.3 Å². The van der Waals surface area contributed by atoms with Gasteiger partial charge in [-0.15, -0.1) is 10.2 Å². The van der Waals surface area contributed by atoms with Gasteiger partial charge in [-0.2, -0.15) is 4.31 Å². The number of para-hydroxylation sites is 1. The third-order valence-corrected chi connectivity index (χ3v) is 8.49. The van der Waals surface area contributed by atoms with E-state index in [0.29, 0.717) is 30.7 Å². The first-order chi connectivity index (χ1) is 18.7. The summed E-state index contributed by atoms with van der Waals surface area (Å²) in [4.78, 5) is 0.0629. The smallest absolute Gasteiger partial charge is 0.243 e. The van der Waals surface area contributed by atoms with Gasteiger partial charge >= 0.3 is 0 Å². The number of benzene rings is 3. The monoisotopic (exact) mass is 567 g/mol. The molecule has 9 nitrogen and oxygen atoms in total. The number of thiocarbonyl (C=S) groups is 1. The van der Waals surface area contributed by atoms with Crippen LogP contribution in [0, 0.1) is 12.7 Å². The predicted molar refractivity (Wildman–Crippen MR) is 151 cm³/mol. The van der Waals surface area contributed by atoms with Crippen molar-refractivity contribution in [3.8, 4) is 5.88 Å². The molecule has 0 spiro atoms. The summed E-state index contributed by atoms with van der Waals surface area (Å²) in [7, 11) is -3.80. The number of rotatable bonds is 6. The number of aromatic hydroxyl groups is 1. The molecule has 0 aliphatic carbocycles. The van der Waals surface area contributed by atoms with E-state index in [0.717, 1.165) is 11.1 Å². The lowest BCUT2D eigenvalue weighted by Crippen LogP contribution is -2.40. The highest BCUT2D eigenvalue weighted by molar-refractivity contribution is 7.89. The van der Waals surface area contributed by atoms with Gasteiger partial charge in [-0.05, 0) is 55.0 Å². The Morgan fingerprint density at radius 2 is 1.82 bits per heavy atom. The quantitative estimate of drug-likeness (QED) is 0.240. The Morgan fingerprint density at radius 3 is 2.54 bits per heavy atom. The second-order valence-electron chi connectivity index (χ2n) is 9.05. The van der Waals surface area contributed by atoms with Gasteiger partial charge in [0.15, 0.2) is 5.69 Å². The Labute approximate surface area is 230 Å². The van der Waals surface area contributed by atoms with Crippen LogP contribution in [0.1, 0.15) is 11.1 Å². The predicted octanol–water partition coefficient (Wildman–Crippen LogP) is 5.34. The van der Waals surface area contributed by atoms with E-state index < -0.39 is 15.8 Å². The van der Waals surface area contributed by atoms with Gasteiger partial charge in [-0.3, -0.25) is 0 Å². The van der Waals surface area contributed by atoms with Crippen LogP contribution in [0.2, 0.25) is 0 Å². The molecule has 1 aromatic heterocycles. The number of aryl methyl sites for hydroxylation is 1.